The van der Waals surface area contributed by atoms with E-state index in [2.05, 4.69) is 21.0 Å². The Morgan fingerprint density at radius 1 is 1.56 bits per heavy atom. The zero-order valence-corrected chi connectivity index (χ0v) is 11.7. The van der Waals surface area contributed by atoms with Gasteiger partial charge in [-0.3, -0.25) is 9.89 Å². The van der Waals surface area contributed by atoms with Crippen molar-refractivity contribution in [1.82, 2.24) is 9.78 Å². The van der Waals surface area contributed by atoms with Crippen molar-refractivity contribution >= 4 is 27.5 Å². The molecule has 0 aliphatic carbocycles. The molecule has 0 aliphatic rings. The summed E-state index contributed by atoms with van der Waals surface area (Å²) in [5, 5.41) is 2.85. The van der Waals surface area contributed by atoms with Crippen LogP contribution in [0.3, 0.4) is 0 Å². The van der Waals surface area contributed by atoms with Gasteiger partial charge in [0.2, 0.25) is 0 Å². The van der Waals surface area contributed by atoms with Crippen LogP contribution < -0.4 is 5.56 Å². The first kappa shape index (κ1) is 13.3. The fraction of sp³-hybridized carbons (Fsp3) is 0.182. The first-order valence-electron chi connectivity index (χ1n) is 4.98. The van der Waals surface area contributed by atoms with E-state index in [-0.39, 0.29) is 17.2 Å². The topological polar surface area (TPSA) is 47.0 Å². The predicted molar refractivity (Wildman–Crippen MR) is 69.8 cm³/mol. The standard InChI is InChI=1S/C11H9BrClFN2O2/c1-18-5-9-10(12)11(17)16(15-9)6-2-3-7(13)8(14)4-6/h2-4,15H,5H2,1H3. The molecular weight excluding hydrogens is 326 g/mol. The van der Waals surface area contributed by atoms with Crippen molar-refractivity contribution in [3.8, 4) is 5.69 Å². The van der Waals surface area contributed by atoms with Crippen molar-refractivity contribution in [2.45, 2.75) is 6.61 Å². The van der Waals surface area contributed by atoms with Crippen LogP contribution in [0.15, 0.2) is 27.5 Å². The van der Waals surface area contributed by atoms with E-state index >= 15 is 0 Å². The summed E-state index contributed by atoms with van der Waals surface area (Å²) < 4.78 is 19.9. The smallest absolute Gasteiger partial charge is 0.285 e. The Morgan fingerprint density at radius 2 is 2.28 bits per heavy atom. The van der Waals surface area contributed by atoms with Crippen molar-refractivity contribution in [2.24, 2.45) is 0 Å². The SMILES string of the molecule is COCc1[nH]n(-c2ccc(Cl)c(F)c2)c(=O)c1Br. The molecule has 7 heteroatoms. The Hall–Kier alpha value is -1.11. The minimum atomic E-state index is -0.583. The lowest BCUT2D eigenvalue weighted by molar-refractivity contribution is 0.180. The first-order chi connectivity index (χ1) is 8.54. The number of aromatic amines is 1. The second-order valence-corrected chi connectivity index (χ2v) is 4.78. The fourth-order valence-corrected chi connectivity index (χ4v) is 2.01. The highest BCUT2D eigenvalue weighted by atomic mass is 79.9. The summed E-state index contributed by atoms with van der Waals surface area (Å²) in [6, 6.07) is 4.12. The molecule has 0 saturated heterocycles. The number of nitrogens with zero attached hydrogens (tertiary/aromatic N) is 1. The van der Waals surface area contributed by atoms with Gasteiger partial charge in [-0.2, -0.15) is 0 Å². The minimum Gasteiger partial charge on any atom is -0.378 e. The summed E-state index contributed by atoms with van der Waals surface area (Å²) in [4.78, 5) is 11.9. The Labute approximate surface area is 115 Å². The molecule has 18 heavy (non-hydrogen) atoms. The highest BCUT2D eigenvalue weighted by Gasteiger charge is 2.13. The van der Waals surface area contributed by atoms with Gasteiger partial charge in [0.15, 0.2) is 0 Å². The van der Waals surface area contributed by atoms with Gasteiger partial charge < -0.3 is 4.74 Å². The summed E-state index contributed by atoms with van der Waals surface area (Å²) in [5.41, 5.74) is 0.631. The minimum absolute atomic E-state index is 0.00883. The molecule has 0 bridgehead atoms. The maximum Gasteiger partial charge on any atom is 0.285 e. The number of halogens is 3. The molecule has 96 valence electrons. The number of rotatable bonds is 3. The number of nitrogens with one attached hydrogen (secondary N) is 1. The van der Waals surface area contributed by atoms with Crippen molar-refractivity contribution in [3.05, 3.63) is 49.6 Å². The van der Waals surface area contributed by atoms with Crippen LogP contribution in [0.1, 0.15) is 5.69 Å². The van der Waals surface area contributed by atoms with E-state index in [9.17, 15) is 9.18 Å². The summed E-state index contributed by atoms with van der Waals surface area (Å²) in [6.07, 6.45) is 0. The van der Waals surface area contributed by atoms with E-state index in [1.165, 1.54) is 23.9 Å². The second-order valence-electron chi connectivity index (χ2n) is 3.58. The normalized spacial score (nSPS) is 10.9. The number of ether oxygens (including phenoxy) is 1. The van der Waals surface area contributed by atoms with Crippen molar-refractivity contribution in [1.29, 1.82) is 0 Å². The van der Waals surface area contributed by atoms with E-state index < -0.39 is 5.82 Å². The summed E-state index contributed by atoms with van der Waals surface area (Å²) in [7, 11) is 1.52. The maximum atomic E-state index is 13.4. The summed E-state index contributed by atoms with van der Waals surface area (Å²) in [5.74, 6) is -0.583. The molecule has 1 aromatic carbocycles. The van der Waals surface area contributed by atoms with Crippen LogP contribution in [0.4, 0.5) is 4.39 Å². The largest absolute Gasteiger partial charge is 0.378 e. The molecule has 1 heterocycles. The van der Waals surface area contributed by atoms with Crippen LogP contribution in [0, 0.1) is 5.82 Å². The van der Waals surface area contributed by atoms with Gasteiger partial charge in [-0.05, 0) is 28.1 Å². The van der Waals surface area contributed by atoms with E-state index in [0.717, 1.165) is 0 Å². The lowest BCUT2D eigenvalue weighted by Crippen LogP contribution is -2.14. The van der Waals surface area contributed by atoms with Crippen molar-refractivity contribution in [2.75, 3.05) is 7.11 Å². The predicted octanol–water partition coefficient (Wildman–Crippen LogP) is 2.87. The van der Waals surface area contributed by atoms with Crippen molar-refractivity contribution in [3.63, 3.8) is 0 Å². The first-order valence-corrected chi connectivity index (χ1v) is 6.15. The molecule has 2 rings (SSSR count). The Kier molecular flexibility index (Phi) is 3.89. The number of methoxy groups -OCH3 is 1. The summed E-state index contributed by atoms with van der Waals surface area (Å²) >= 11 is 8.76. The van der Waals surface area contributed by atoms with E-state index in [0.29, 0.717) is 15.9 Å². The van der Waals surface area contributed by atoms with Crippen LogP contribution in [0.5, 0.6) is 0 Å². The monoisotopic (exact) mass is 334 g/mol. The Balaban J connectivity index is 2.54. The molecular formula is C11H9BrClFN2O2. The molecule has 0 aliphatic heterocycles. The third-order valence-electron chi connectivity index (χ3n) is 2.35. The van der Waals surface area contributed by atoms with Gasteiger partial charge in [-0.1, -0.05) is 11.6 Å². The number of benzene rings is 1. The average Bonchev–Trinajstić information content (AvgIpc) is 2.62. The lowest BCUT2D eigenvalue weighted by Gasteiger charge is -2.02. The molecule has 0 unspecified atom stereocenters. The molecule has 0 spiro atoms. The van der Waals surface area contributed by atoms with Crippen LogP contribution in [0.2, 0.25) is 5.02 Å². The molecule has 0 atom stereocenters. The third-order valence-corrected chi connectivity index (χ3v) is 3.48. The molecule has 1 N–H and O–H groups in total. The average molecular weight is 336 g/mol. The number of hydrogen-bond acceptors (Lipinski definition) is 2. The highest BCUT2D eigenvalue weighted by molar-refractivity contribution is 9.10. The van der Waals surface area contributed by atoms with Crippen LogP contribution >= 0.6 is 27.5 Å². The number of aromatic nitrogens is 2. The Bertz CT molecular complexity index is 638. The van der Waals surface area contributed by atoms with E-state index in [1.54, 1.807) is 6.07 Å². The van der Waals surface area contributed by atoms with Gasteiger partial charge in [0.05, 0.1) is 23.0 Å². The van der Waals surface area contributed by atoms with Gasteiger partial charge in [0.25, 0.3) is 5.56 Å². The molecule has 0 saturated carbocycles. The van der Waals surface area contributed by atoms with Gasteiger partial charge in [0, 0.05) is 13.2 Å². The molecule has 0 radical (unpaired) electrons. The third kappa shape index (κ3) is 2.36. The second kappa shape index (κ2) is 5.26. The number of hydrogen-bond donors (Lipinski definition) is 1. The van der Waals surface area contributed by atoms with Crippen LogP contribution in [-0.4, -0.2) is 16.9 Å². The fourth-order valence-electron chi connectivity index (χ4n) is 1.51. The molecule has 0 amide bonds. The van der Waals surface area contributed by atoms with Gasteiger partial charge >= 0.3 is 0 Å². The van der Waals surface area contributed by atoms with Gasteiger partial charge in [-0.25, -0.2) is 9.07 Å². The zero-order chi connectivity index (χ0) is 13.3. The van der Waals surface area contributed by atoms with Crippen LogP contribution in [0.25, 0.3) is 5.69 Å². The molecule has 4 nitrogen and oxygen atoms in total. The lowest BCUT2D eigenvalue weighted by atomic mass is 10.3. The molecule has 2 aromatic rings. The highest BCUT2D eigenvalue weighted by Crippen LogP contribution is 2.19. The van der Waals surface area contributed by atoms with Gasteiger partial charge in [-0.15, -0.1) is 0 Å². The zero-order valence-electron chi connectivity index (χ0n) is 9.34. The molecule has 1 aromatic heterocycles. The van der Waals surface area contributed by atoms with E-state index in [4.69, 9.17) is 16.3 Å². The van der Waals surface area contributed by atoms with E-state index in [1.807, 2.05) is 0 Å². The van der Waals surface area contributed by atoms with Crippen molar-refractivity contribution < 1.29 is 9.13 Å². The maximum absolute atomic E-state index is 13.4. The van der Waals surface area contributed by atoms with Crippen LogP contribution in [-0.2, 0) is 11.3 Å². The quantitative estimate of drug-likeness (QED) is 0.937. The van der Waals surface area contributed by atoms with Gasteiger partial charge in [0.1, 0.15) is 10.3 Å². The number of H-pyrrole nitrogens is 1. The summed E-state index contributed by atoms with van der Waals surface area (Å²) in [6.45, 7) is 0.249. The molecule has 0 fully saturated rings. The Morgan fingerprint density at radius 3 is 2.89 bits per heavy atom.